The second kappa shape index (κ2) is 8.64. The molecule has 26 heavy (non-hydrogen) atoms. The smallest absolute Gasteiger partial charge is 0.228 e. The van der Waals surface area contributed by atoms with Crippen LogP contribution in [0.5, 0.6) is 0 Å². The van der Waals surface area contributed by atoms with Crippen molar-refractivity contribution in [3.63, 3.8) is 0 Å². The van der Waals surface area contributed by atoms with Crippen molar-refractivity contribution in [3.05, 3.63) is 29.8 Å². The largest absolute Gasteiger partial charge is 0.383 e. The van der Waals surface area contributed by atoms with Gasteiger partial charge >= 0.3 is 0 Å². The molecule has 0 aliphatic carbocycles. The third-order valence-corrected chi connectivity index (χ3v) is 5.43. The van der Waals surface area contributed by atoms with Crippen molar-refractivity contribution >= 4 is 17.5 Å². The molecule has 1 atom stereocenters. The molecule has 1 aromatic carbocycles. The Morgan fingerprint density at radius 1 is 1.15 bits per heavy atom. The zero-order valence-electron chi connectivity index (χ0n) is 15.8. The maximum atomic E-state index is 12.8. The van der Waals surface area contributed by atoms with Crippen LogP contribution in [0, 0.1) is 5.92 Å². The number of hydrogen-bond donors (Lipinski definition) is 0. The minimum atomic E-state index is -0.223. The molecule has 0 saturated carbocycles. The molecule has 0 bridgehead atoms. The second-order valence-corrected chi connectivity index (χ2v) is 7.09. The summed E-state index contributed by atoms with van der Waals surface area (Å²) in [5.41, 5.74) is 2.14. The van der Waals surface area contributed by atoms with Crippen LogP contribution in [0.2, 0.25) is 0 Å². The summed E-state index contributed by atoms with van der Waals surface area (Å²) in [5, 5.41) is 0. The number of aryl methyl sites for hydroxylation is 1. The highest BCUT2D eigenvalue weighted by molar-refractivity contribution is 6.00. The molecule has 0 N–H and O–H groups in total. The normalized spacial score (nSPS) is 21.5. The van der Waals surface area contributed by atoms with E-state index in [0.717, 1.165) is 51.4 Å². The van der Waals surface area contributed by atoms with Gasteiger partial charge in [-0.05, 0) is 24.1 Å². The van der Waals surface area contributed by atoms with E-state index >= 15 is 0 Å². The van der Waals surface area contributed by atoms with Crippen LogP contribution in [0.15, 0.2) is 24.3 Å². The molecule has 1 aromatic rings. The number of rotatable bonds is 6. The summed E-state index contributed by atoms with van der Waals surface area (Å²) in [5.74, 6) is -0.0531. The number of carbonyl (C=O) groups is 2. The second-order valence-electron chi connectivity index (χ2n) is 7.09. The molecule has 6 nitrogen and oxygen atoms in total. The molecule has 0 radical (unpaired) electrons. The van der Waals surface area contributed by atoms with Gasteiger partial charge in [0.05, 0.1) is 12.5 Å². The zero-order valence-corrected chi connectivity index (χ0v) is 15.8. The summed E-state index contributed by atoms with van der Waals surface area (Å²) in [6, 6.07) is 8.07. The summed E-state index contributed by atoms with van der Waals surface area (Å²) in [6.45, 7) is 7.44. The SMILES string of the molecule is CCc1ccc(N2CC(C(=O)N3CCN(CCOC)CC3)CC2=O)cc1. The molecule has 142 valence electrons. The van der Waals surface area contributed by atoms with Crippen molar-refractivity contribution < 1.29 is 14.3 Å². The van der Waals surface area contributed by atoms with Crippen molar-refractivity contribution in [2.24, 2.45) is 5.92 Å². The van der Waals surface area contributed by atoms with Crippen LogP contribution in [0.4, 0.5) is 5.69 Å². The number of hydrogen-bond acceptors (Lipinski definition) is 4. The van der Waals surface area contributed by atoms with Gasteiger partial charge < -0.3 is 14.5 Å². The van der Waals surface area contributed by atoms with E-state index in [1.807, 2.05) is 17.0 Å². The fourth-order valence-electron chi connectivity index (χ4n) is 3.70. The maximum absolute atomic E-state index is 12.8. The predicted octanol–water partition coefficient (Wildman–Crippen LogP) is 1.39. The van der Waals surface area contributed by atoms with Gasteiger partial charge in [-0.2, -0.15) is 0 Å². The summed E-state index contributed by atoms with van der Waals surface area (Å²) >= 11 is 0. The third kappa shape index (κ3) is 4.24. The lowest BCUT2D eigenvalue weighted by Gasteiger charge is -2.35. The number of carbonyl (C=O) groups excluding carboxylic acids is 2. The monoisotopic (exact) mass is 359 g/mol. The molecule has 2 fully saturated rings. The van der Waals surface area contributed by atoms with Gasteiger partial charge in [0.25, 0.3) is 0 Å². The molecular formula is C20H29N3O3. The number of benzene rings is 1. The van der Waals surface area contributed by atoms with Crippen molar-refractivity contribution in [1.82, 2.24) is 9.80 Å². The van der Waals surface area contributed by atoms with Gasteiger partial charge in [0.1, 0.15) is 0 Å². The van der Waals surface area contributed by atoms with Crippen molar-refractivity contribution in [2.75, 3.05) is 57.9 Å². The topological polar surface area (TPSA) is 53.1 Å². The average Bonchev–Trinajstić information content (AvgIpc) is 3.08. The highest BCUT2D eigenvalue weighted by Gasteiger charge is 2.37. The van der Waals surface area contributed by atoms with Crippen LogP contribution in [-0.4, -0.2) is 74.6 Å². The Morgan fingerprint density at radius 3 is 2.46 bits per heavy atom. The van der Waals surface area contributed by atoms with Crippen molar-refractivity contribution in [1.29, 1.82) is 0 Å². The maximum Gasteiger partial charge on any atom is 0.228 e. The Kier molecular flexibility index (Phi) is 6.27. The number of nitrogens with zero attached hydrogens (tertiary/aromatic N) is 3. The van der Waals surface area contributed by atoms with E-state index in [9.17, 15) is 9.59 Å². The van der Waals surface area contributed by atoms with Gasteiger partial charge in [-0.25, -0.2) is 0 Å². The van der Waals surface area contributed by atoms with Gasteiger partial charge in [0.2, 0.25) is 11.8 Å². The Balaban J connectivity index is 1.55. The first-order valence-electron chi connectivity index (χ1n) is 9.51. The van der Waals surface area contributed by atoms with Crippen LogP contribution < -0.4 is 4.90 Å². The molecule has 2 saturated heterocycles. The van der Waals surface area contributed by atoms with Gasteiger partial charge in [0, 0.05) is 58.5 Å². The molecule has 2 heterocycles. The molecule has 3 rings (SSSR count). The van der Waals surface area contributed by atoms with Gasteiger partial charge in [-0.3, -0.25) is 14.5 Å². The summed E-state index contributed by atoms with van der Waals surface area (Å²) in [7, 11) is 1.71. The minimum Gasteiger partial charge on any atom is -0.383 e. The first kappa shape index (κ1) is 18.9. The predicted molar refractivity (Wildman–Crippen MR) is 101 cm³/mol. The number of amides is 2. The lowest BCUT2D eigenvalue weighted by atomic mass is 10.1. The molecule has 2 aliphatic heterocycles. The lowest BCUT2D eigenvalue weighted by Crippen LogP contribution is -2.51. The average molecular weight is 359 g/mol. The molecule has 0 spiro atoms. The standard InChI is InChI=1S/C20H29N3O3/c1-3-16-4-6-18(7-5-16)23-15-17(14-19(23)24)20(25)22-10-8-21(9-11-22)12-13-26-2/h4-7,17H,3,8-15H2,1-2H3. The third-order valence-electron chi connectivity index (χ3n) is 5.43. The Morgan fingerprint density at radius 2 is 1.85 bits per heavy atom. The van der Waals surface area contributed by atoms with Crippen LogP contribution in [-0.2, 0) is 20.7 Å². The number of ether oxygens (including phenoxy) is 1. The van der Waals surface area contributed by atoms with E-state index in [-0.39, 0.29) is 17.7 Å². The lowest BCUT2D eigenvalue weighted by molar-refractivity contribution is -0.137. The molecule has 2 amide bonds. The fraction of sp³-hybridized carbons (Fsp3) is 0.600. The van der Waals surface area contributed by atoms with Crippen LogP contribution >= 0.6 is 0 Å². The molecule has 0 aromatic heterocycles. The summed E-state index contributed by atoms with van der Waals surface area (Å²) in [4.78, 5) is 31.3. The molecule has 2 aliphatic rings. The van der Waals surface area contributed by atoms with E-state index in [2.05, 4.69) is 24.0 Å². The van der Waals surface area contributed by atoms with Gasteiger partial charge in [-0.1, -0.05) is 19.1 Å². The van der Waals surface area contributed by atoms with E-state index in [1.54, 1.807) is 12.0 Å². The fourth-order valence-corrected chi connectivity index (χ4v) is 3.70. The minimum absolute atomic E-state index is 0.0475. The van der Waals surface area contributed by atoms with Crippen LogP contribution in [0.3, 0.4) is 0 Å². The van der Waals surface area contributed by atoms with E-state index in [0.29, 0.717) is 13.0 Å². The Labute approximate surface area is 155 Å². The molecule has 6 heteroatoms. The van der Waals surface area contributed by atoms with E-state index < -0.39 is 0 Å². The number of methoxy groups -OCH3 is 1. The van der Waals surface area contributed by atoms with E-state index in [4.69, 9.17) is 4.74 Å². The van der Waals surface area contributed by atoms with Gasteiger partial charge in [-0.15, -0.1) is 0 Å². The quantitative estimate of drug-likeness (QED) is 0.770. The Hall–Kier alpha value is -1.92. The zero-order chi connectivity index (χ0) is 18.5. The first-order chi connectivity index (χ1) is 12.6. The highest BCUT2D eigenvalue weighted by atomic mass is 16.5. The van der Waals surface area contributed by atoms with Crippen molar-refractivity contribution in [2.45, 2.75) is 19.8 Å². The first-order valence-corrected chi connectivity index (χ1v) is 9.51. The summed E-state index contributed by atoms with van der Waals surface area (Å²) in [6.07, 6.45) is 1.30. The molecular weight excluding hydrogens is 330 g/mol. The van der Waals surface area contributed by atoms with Crippen molar-refractivity contribution in [3.8, 4) is 0 Å². The van der Waals surface area contributed by atoms with E-state index in [1.165, 1.54) is 5.56 Å². The summed E-state index contributed by atoms with van der Waals surface area (Å²) < 4.78 is 5.12. The highest BCUT2D eigenvalue weighted by Crippen LogP contribution is 2.27. The Bertz CT molecular complexity index is 624. The number of piperazine rings is 1. The van der Waals surface area contributed by atoms with Gasteiger partial charge in [0.15, 0.2) is 0 Å². The molecule has 1 unspecified atom stereocenters. The van der Waals surface area contributed by atoms with Crippen LogP contribution in [0.1, 0.15) is 18.9 Å². The number of anilines is 1. The van der Waals surface area contributed by atoms with Crippen LogP contribution in [0.25, 0.3) is 0 Å².